The Kier molecular flexibility index (Phi) is 4.06. The van der Waals surface area contributed by atoms with E-state index in [4.69, 9.17) is 4.74 Å². The van der Waals surface area contributed by atoms with Crippen LogP contribution in [0.1, 0.15) is 33.3 Å². The highest BCUT2D eigenvalue weighted by atomic mass is 32.1. The molecule has 0 radical (unpaired) electrons. The van der Waals surface area contributed by atoms with Crippen LogP contribution in [0.4, 0.5) is 0 Å². The number of ether oxygens (including phenoxy) is 1. The molecule has 3 rings (SSSR count). The van der Waals surface area contributed by atoms with Gasteiger partial charge in [0, 0.05) is 29.7 Å². The van der Waals surface area contributed by atoms with Gasteiger partial charge in [0.1, 0.15) is 11.8 Å². The van der Waals surface area contributed by atoms with Gasteiger partial charge in [-0.2, -0.15) is 0 Å². The third kappa shape index (κ3) is 3.24. The molecule has 0 saturated carbocycles. The molecule has 1 aliphatic heterocycles. The van der Waals surface area contributed by atoms with Crippen molar-refractivity contribution in [1.29, 1.82) is 0 Å². The second-order valence-corrected chi connectivity index (χ2v) is 6.53. The second kappa shape index (κ2) is 6.00. The highest BCUT2D eigenvalue weighted by Crippen LogP contribution is 2.19. The number of amides is 1. The maximum Gasteiger partial charge on any atom is 0.317 e. The van der Waals surface area contributed by atoms with Crippen molar-refractivity contribution in [2.24, 2.45) is 0 Å². The van der Waals surface area contributed by atoms with E-state index in [2.05, 4.69) is 15.0 Å². The Morgan fingerprint density at radius 3 is 2.64 bits per heavy atom. The number of hydrogen-bond donors (Lipinski definition) is 0. The number of hydrogen-bond acceptors (Lipinski definition) is 6. The summed E-state index contributed by atoms with van der Waals surface area (Å²) in [5.74, 6) is -0.0307. The highest BCUT2D eigenvalue weighted by Gasteiger charge is 2.29. The van der Waals surface area contributed by atoms with E-state index in [1.165, 1.54) is 11.3 Å². The van der Waals surface area contributed by atoms with Gasteiger partial charge in [-0.3, -0.25) is 4.79 Å². The molecule has 0 aliphatic carbocycles. The first-order chi connectivity index (χ1) is 10.5. The molecule has 116 valence electrons. The Labute approximate surface area is 133 Å². The van der Waals surface area contributed by atoms with Gasteiger partial charge in [0.2, 0.25) is 0 Å². The second-order valence-electron chi connectivity index (χ2n) is 5.46. The molecular weight excluding hydrogens is 300 g/mol. The van der Waals surface area contributed by atoms with E-state index >= 15 is 0 Å². The van der Waals surface area contributed by atoms with Crippen LogP contribution in [0.25, 0.3) is 0 Å². The molecule has 1 aliphatic rings. The third-order valence-corrected chi connectivity index (χ3v) is 4.28. The fraction of sp³-hybridized carbons (Fsp3) is 0.467. The van der Waals surface area contributed by atoms with Gasteiger partial charge in [0.05, 0.1) is 11.6 Å². The number of aryl methyl sites for hydroxylation is 3. The molecule has 1 atom stereocenters. The van der Waals surface area contributed by atoms with Crippen LogP contribution in [0.15, 0.2) is 11.4 Å². The van der Waals surface area contributed by atoms with Crippen molar-refractivity contribution in [1.82, 2.24) is 19.9 Å². The molecule has 3 heterocycles. The van der Waals surface area contributed by atoms with Crippen LogP contribution >= 0.6 is 11.3 Å². The first-order valence-electron chi connectivity index (χ1n) is 7.21. The first-order valence-corrected chi connectivity index (χ1v) is 8.09. The molecular formula is C15H18N4O2S. The molecule has 1 fully saturated rings. The first kappa shape index (κ1) is 14.9. The smallest absolute Gasteiger partial charge is 0.317 e. The van der Waals surface area contributed by atoms with Crippen LogP contribution in [0.3, 0.4) is 0 Å². The zero-order chi connectivity index (χ0) is 15.7. The van der Waals surface area contributed by atoms with Crippen molar-refractivity contribution in [3.05, 3.63) is 33.5 Å². The van der Waals surface area contributed by atoms with E-state index in [-0.39, 0.29) is 12.0 Å². The average Bonchev–Trinajstić information content (AvgIpc) is 3.06. The van der Waals surface area contributed by atoms with E-state index < -0.39 is 0 Å². The van der Waals surface area contributed by atoms with Gasteiger partial charge < -0.3 is 9.64 Å². The summed E-state index contributed by atoms with van der Waals surface area (Å²) in [6.07, 6.45) is 0.718. The van der Waals surface area contributed by atoms with Crippen LogP contribution < -0.4 is 4.74 Å². The number of likely N-dealkylation sites (tertiary alicyclic amines) is 1. The van der Waals surface area contributed by atoms with Gasteiger partial charge in [-0.05, 0) is 26.8 Å². The zero-order valence-corrected chi connectivity index (χ0v) is 13.7. The summed E-state index contributed by atoms with van der Waals surface area (Å²) in [6, 6.07) is 2.29. The Morgan fingerprint density at radius 2 is 2.00 bits per heavy atom. The SMILES string of the molecule is Cc1cc(C)nc(O[C@H]2CCN(C(=O)c3csc(C)n3)C2)n1. The minimum Gasteiger partial charge on any atom is -0.458 e. The predicted octanol–water partition coefficient (Wildman–Crippen LogP) is 2.15. The van der Waals surface area contributed by atoms with Crippen LogP contribution in [-0.4, -0.2) is 45.0 Å². The lowest BCUT2D eigenvalue weighted by atomic mass is 10.3. The summed E-state index contributed by atoms with van der Waals surface area (Å²) in [5.41, 5.74) is 2.28. The minimum atomic E-state index is -0.0649. The molecule has 22 heavy (non-hydrogen) atoms. The largest absolute Gasteiger partial charge is 0.458 e. The van der Waals surface area contributed by atoms with Crippen LogP contribution in [0.5, 0.6) is 6.01 Å². The summed E-state index contributed by atoms with van der Waals surface area (Å²) in [4.78, 5) is 26.9. The van der Waals surface area contributed by atoms with E-state index in [9.17, 15) is 4.79 Å². The van der Waals surface area contributed by atoms with E-state index in [1.54, 1.807) is 10.3 Å². The van der Waals surface area contributed by atoms with Crippen molar-refractivity contribution in [3.8, 4) is 6.01 Å². The summed E-state index contributed by atoms with van der Waals surface area (Å²) in [7, 11) is 0. The third-order valence-electron chi connectivity index (χ3n) is 3.50. The number of aromatic nitrogens is 3. The van der Waals surface area contributed by atoms with Gasteiger partial charge in [0.25, 0.3) is 5.91 Å². The molecule has 0 aromatic carbocycles. The lowest BCUT2D eigenvalue weighted by Crippen LogP contribution is -2.31. The molecule has 1 amide bonds. The number of carbonyl (C=O) groups is 1. The van der Waals surface area contributed by atoms with Gasteiger partial charge in [-0.1, -0.05) is 0 Å². The molecule has 2 aromatic heterocycles. The van der Waals surface area contributed by atoms with E-state index in [0.29, 0.717) is 24.8 Å². The lowest BCUT2D eigenvalue weighted by Gasteiger charge is -2.15. The van der Waals surface area contributed by atoms with Crippen molar-refractivity contribution < 1.29 is 9.53 Å². The molecule has 0 unspecified atom stereocenters. The molecule has 1 saturated heterocycles. The molecule has 6 nitrogen and oxygen atoms in total. The molecule has 7 heteroatoms. The molecule has 0 bridgehead atoms. The molecule has 0 N–H and O–H groups in total. The predicted molar refractivity (Wildman–Crippen MR) is 83.3 cm³/mol. The quantitative estimate of drug-likeness (QED) is 0.867. The van der Waals surface area contributed by atoms with Crippen molar-refractivity contribution in [3.63, 3.8) is 0 Å². The average molecular weight is 318 g/mol. The summed E-state index contributed by atoms with van der Waals surface area (Å²) in [6.45, 7) is 6.94. The number of thiazole rings is 1. The Hall–Kier alpha value is -2.02. The van der Waals surface area contributed by atoms with Gasteiger partial charge in [0.15, 0.2) is 0 Å². The highest BCUT2D eigenvalue weighted by molar-refractivity contribution is 7.09. The summed E-state index contributed by atoms with van der Waals surface area (Å²) < 4.78 is 5.82. The van der Waals surface area contributed by atoms with E-state index in [0.717, 1.165) is 22.8 Å². The summed E-state index contributed by atoms with van der Waals surface area (Å²) in [5, 5.41) is 2.71. The van der Waals surface area contributed by atoms with Gasteiger partial charge in [-0.25, -0.2) is 15.0 Å². The Bertz CT molecular complexity index is 680. The molecule has 2 aromatic rings. The van der Waals surface area contributed by atoms with Crippen LogP contribution in [-0.2, 0) is 0 Å². The fourth-order valence-corrected chi connectivity index (χ4v) is 3.11. The number of rotatable bonds is 3. The Balaban J connectivity index is 1.63. The number of carbonyl (C=O) groups excluding carboxylic acids is 1. The minimum absolute atomic E-state index is 0.0307. The fourth-order valence-electron chi connectivity index (χ4n) is 2.53. The van der Waals surface area contributed by atoms with Crippen molar-refractivity contribution in [2.45, 2.75) is 33.3 Å². The summed E-state index contributed by atoms with van der Waals surface area (Å²) >= 11 is 1.49. The van der Waals surface area contributed by atoms with Crippen molar-refractivity contribution >= 4 is 17.2 Å². The molecule has 0 spiro atoms. The van der Waals surface area contributed by atoms with E-state index in [1.807, 2.05) is 26.8 Å². The van der Waals surface area contributed by atoms with Gasteiger partial charge in [-0.15, -0.1) is 11.3 Å². The Morgan fingerprint density at radius 1 is 1.27 bits per heavy atom. The standard InChI is InChI=1S/C15H18N4O2S/c1-9-6-10(2)17-15(16-9)21-12-4-5-19(7-12)14(20)13-8-22-11(3)18-13/h6,8,12H,4-5,7H2,1-3H3/t12-/m0/s1. The van der Waals surface area contributed by atoms with Crippen LogP contribution in [0, 0.1) is 20.8 Å². The maximum absolute atomic E-state index is 12.3. The maximum atomic E-state index is 12.3. The van der Waals surface area contributed by atoms with Crippen LogP contribution in [0.2, 0.25) is 0 Å². The monoisotopic (exact) mass is 318 g/mol. The topological polar surface area (TPSA) is 68.2 Å². The zero-order valence-electron chi connectivity index (χ0n) is 12.9. The van der Waals surface area contributed by atoms with Gasteiger partial charge >= 0.3 is 6.01 Å². The number of nitrogens with zero attached hydrogens (tertiary/aromatic N) is 4. The normalized spacial score (nSPS) is 17.8. The van der Waals surface area contributed by atoms with Crippen molar-refractivity contribution in [2.75, 3.05) is 13.1 Å². The lowest BCUT2D eigenvalue weighted by molar-refractivity contribution is 0.0764.